The van der Waals surface area contributed by atoms with Gasteiger partial charge in [-0.25, -0.2) is 9.18 Å². The molecule has 1 aromatic rings. The Kier molecular flexibility index (Phi) is 5.58. The monoisotopic (exact) mass is 388 g/mol. The van der Waals surface area contributed by atoms with Crippen LogP contribution in [0.15, 0.2) is 36.4 Å². The maximum Gasteiger partial charge on any atom is 0.329 e. The van der Waals surface area contributed by atoms with Crippen LogP contribution < -0.4 is 5.32 Å². The average Bonchev–Trinajstić information content (AvgIpc) is 2.93. The highest BCUT2D eigenvalue weighted by Crippen LogP contribution is 2.36. The van der Waals surface area contributed by atoms with Gasteiger partial charge in [-0.3, -0.25) is 19.3 Å². The number of allylic oxidation sites excluding steroid dienone is 2. The third-order valence-electron chi connectivity index (χ3n) is 5.06. The largest absolute Gasteiger partial charge is 0.451 e. The summed E-state index contributed by atoms with van der Waals surface area (Å²) in [4.78, 5) is 50.6. The number of halogens is 1. The first-order valence-electron chi connectivity index (χ1n) is 9.09. The Morgan fingerprint density at radius 1 is 1.11 bits per heavy atom. The zero-order valence-corrected chi connectivity index (χ0v) is 15.6. The Morgan fingerprint density at radius 3 is 2.25 bits per heavy atom. The van der Waals surface area contributed by atoms with Crippen LogP contribution in [0.2, 0.25) is 0 Å². The maximum atomic E-state index is 13.6. The van der Waals surface area contributed by atoms with Crippen LogP contribution >= 0.6 is 0 Å². The Bertz CT molecular complexity index is 827. The van der Waals surface area contributed by atoms with E-state index < -0.39 is 53.5 Å². The van der Waals surface area contributed by atoms with Crippen molar-refractivity contribution < 1.29 is 28.3 Å². The number of hydrogen-bond acceptors (Lipinski definition) is 5. The van der Waals surface area contributed by atoms with E-state index in [0.29, 0.717) is 12.8 Å². The molecule has 1 aliphatic carbocycles. The Balaban J connectivity index is 1.62. The van der Waals surface area contributed by atoms with Gasteiger partial charge >= 0.3 is 5.97 Å². The molecule has 1 heterocycles. The van der Waals surface area contributed by atoms with Gasteiger partial charge in [-0.05, 0) is 38.8 Å². The van der Waals surface area contributed by atoms with Gasteiger partial charge in [0, 0.05) is 0 Å². The highest BCUT2D eigenvalue weighted by molar-refractivity contribution is 6.08. The number of nitrogens with zero attached hydrogens (tertiary/aromatic N) is 1. The third kappa shape index (κ3) is 3.67. The number of carbonyl (C=O) groups excluding carboxylic acids is 4. The quantitative estimate of drug-likeness (QED) is 0.473. The van der Waals surface area contributed by atoms with Crippen LogP contribution in [-0.2, 0) is 23.9 Å². The molecule has 28 heavy (non-hydrogen) atoms. The first-order valence-corrected chi connectivity index (χ1v) is 9.09. The van der Waals surface area contributed by atoms with Gasteiger partial charge in [-0.15, -0.1) is 0 Å². The number of likely N-dealkylation sites (tertiary alicyclic amines) is 1. The van der Waals surface area contributed by atoms with Crippen molar-refractivity contribution in [3.63, 3.8) is 0 Å². The molecule has 1 aliphatic heterocycles. The lowest BCUT2D eigenvalue weighted by molar-refractivity contribution is -0.163. The van der Waals surface area contributed by atoms with Crippen LogP contribution in [0.1, 0.15) is 26.7 Å². The molecule has 3 rings (SSSR count). The van der Waals surface area contributed by atoms with Gasteiger partial charge in [-0.1, -0.05) is 24.3 Å². The molecule has 7 nitrogen and oxygen atoms in total. The van der Waals surface area contributed by atoms with Crippen molar-refractivity contribution in [1.29, 1.82) is 0 Å². The second-order valence-corrected chi connectivity index (χ2v) is 6.93. The number of amides is 3. The molecule has 0 bridgehead atoms. The minimum Gasteiger partial charge on any atom is -0.451 e. The van der Waals surface area contributed by atoms with Crippen molar-refractivity contribution in [1.82, 2.24) is 4.90 Å². The van der Waals surface area contributed by atoms with Crippen LogP contribution in [0.3, 0.4) is 0 Å². The number of carbonyl (C=O) groups is 4. The van der Waals surface area contributed by atoms with Crippen LogP contribution in [0, 0.1) is 17.7 Å². The van der Waals surface area contributed by atoms with Gasteiger partial charge in [-0.2, -0.15) is 0 Å². The lowest BCUT2D eigenvalue weighted by Gasteiger charge is -2.23. The lowest BCUT2D eigenvalue weighted by Crippen LogP contribution is -2.46. The summed E-state index contributed by atoms with van der Waals surface area (Å²) in [7, 11) is 0. The van der Waals surface area contributed by atoms with Crippen molar-refractivity contribution >= 4 is 29.4 Å². The van der Waals surface area contributed by atoms with Gasteiger partial charge in [0.2, 0.25) is 11.8 Å². The summed E-state index contributed by atoms with van der Waals surface area (Å²) < 4.78 is 18.7. The molecule has 1 aromatic carbocycles. The fraction of sp³-hybridized carbons (Fsp3) is 0.400. The fourth-order valence-electron chi connectivity index (χ4n) is 3.44. The van der Waals surface area contributed by atoms with Gasteiger partial charge < -0.3 is 10.1 Å². The summed E-state index contributed by atoms with van der Waals surface area (Å²) in [5.41, 5.74) is -0.0371. The van der Waals surface area contributed by atoms with E-state index in [4.69, 9.17) is 4.74 Å². The van der Waals surface area contributed by atoms with Crippen molar-refractivity contribution in [2.24, 2.45) is 11.8 Å². The molecule has 148 valence electrons. The number of esters is 1. The topological polar surface area (TPSA) is 92.8 Å². The van der Waals surface area contributed by atoms with E-state index in [1.165, 1.54) is 32.0 Å². The fourth-order valence-corrected chi connectivity index (χ4v) is 3.44. The van der Waals surface area contributed by atoms with E-state index in [1.54, 1.807) is 6.07 Å². The van der Waals surface area contributed by atoms with E-state index in [2.05, 4.69) is 5.32 Å². The minimum absolute atomic E-state index is 0.0371. The predicted octanol–water partition coefficient (Wildman–Crippen LogP) is 2.04. The molecule has 0 saturated carbocycles. The number of ether oxygens (including phenoxy) is 1. The number of benzene rings is 1. The smallest absolute Gasteiger partial charge is 0.329 e. The van der Waals surface area contributed by atoms with Crippen molar-refractivity contribution in [2.75, 3.05) is 5.32 Å². The molecule has 8 heteroatoms. The third-order valence-corrected chi connectivity index (χ3v) is 5.06. The van der Waals surface area contributed by atoms with Gasteiger partial charge in [0.1, 0.15) is 11.9 Å². The number of rotatable bonds is 5. The number of nitrogens with one attached hydrogen (secondary N) is 1. The van der Waals surface area contributed by atoms with Crippen molar-refractivity contribution in [3.8, 4) is 0 Å². The molecular formula is C20H21FN2O5. The summed E-state index contributed by atoms with van der Waals surface area (Å²) in [6, 6.07) is 4.45. The Morgan fingerprint density at radius 2 is 1.68 bits per heavy atom. The standard InChI is InChI=1S/C20H21FN2O5/c1-11(23-18(25)13-7-3-4-8-14(13)19(23)26)20(27)28-12(2)17(24)22-16-10-6-5-9-15(16)21/h3-6,9-14H,7-8H2,1-2H3,(H,22,24)/t11-,12+,13-,14+/m0/s1. The highest BCUT2D eigenvalue weighted by Gasteiger charge is 2.50. The molecule has 2 aliphatic rings. The van der Waals surface area contributed by atoms with Gasteiger partial charge in [0.15, 0.2) is 6.10 Å². The normalized spacial score (nSPS) is 23.2. The zero-order valence-electron chi connectivity index (χ0n) is 15.6. The lowest BCUT2D eigenvalue weighted by atomic mass is 9.85. The summed E-state index contributed by atoms with van der Waals surface area (Å²) in [5.74, 6) is -3.90. The minimum atomic E-state index is -1.23. The van der Waals surface area contributed by atoms with E-state index in [9.17, 15) is 23.6 Å². The van der Waals surface area contributed by atoms with Crippen LogP contribution in [0.25, 0.3) is 0 Å². The molecular weight excluding hydrogens is 367 g/mol. The second kappa shape index (κ2) is 7.92. The number of para-hydroxylation sites is 1. The second-order valence-electron chi connectivity index (χ2n) is 6.93. The van der Waals surface area contributed by atoms with E-state index in [1.807, 2.05) is 12.2 Å². The summed E-state index contributed by atoms with van der Waals surface area (Å²) in [6.07, 6.45) is 3.41. The predicted molar refractivity (Wildman–Crippen MR) is 97.3 cm³/mol. The molecule has 0 unspecified atom stereocenters. The number of hydrogen-bond donors (Lipinski definition) is 1. The molecule has 4 atom stereocenters. The number of anilines is 1. The Labute approximate surface area is 161 Å². The summed E-state index contributed by atoms with van der Waals surface area (Å²) in [6.45, 7) is 2.72. The zero-order chi connectivity index (χ0) is 20.4. The molecule has 1 fully saturated rings. The van der Waals surface area contributed by atoms with Crippen molar-refractivity contribution in [3.05, 3.63) is 42.2 Å². The molecule has 3 amide bonds. The van der Waals surface area contributed by atoms with E-state index in [-0.39, 0.29) is 5.69 Å². The molecule has 0 spiro atoms. The van der Waals surface area contributed by atoms with Gasteiger partial charge in [0.05, 0.1) is 17.5 Å². The first kappa shape index (κ1) is 19.7. The summed E-state index contributed by atoms with van der Waals surface area (Å²) in [5, 5.41) is 2.34. The highest BCUT2D eigenvalue weighted by atomic mass is 19.1. The van der Waals surface area contributed by atoms with Gasteiger partial charge in [0.25, 0.3) is 5.91 Å². The number of fused-ring (bicyclic) bond motifs is 1. The molecule has 0 aromatic heterocycles. The average molecular weight is 388 g/mol. The summed E-state index contributed by atoms with van der Waals surface area (Å²) >= 11 is 0. The van der Waals surface area contributed by atoms with Crippen LogP contribution in [0.4, 0.5) is 10.1 Å². The van der Waals surface area contributed by atoms with Crippen LogP contribution in [0.5, 0.6) is 0 Å². The van der Waals surface area contributed by atoms with Crippen LogP contribution in [-0.4, -0.2) is 40.7 Å². The molecule has 0 radical (unpaired) electrons. The number of imide groups is 1. The molecule has 1 saturated heterocycles. The van der Waals surface area contributed by atoms with Crippen molar-refractivity contribution in [2.45, 2.75) is 38.8 Å². The van der Waals surface area contributed by atoms with E-state index in [0.717, 1.165) is 4.90 Å². The Hall–Kier alpha value is -3.03. The first-order chi connectivity index (χ1) is 13.3. The maximum absolute atomic E-state index is 13.6. The van der Waals surface area contributed by atoms with E-state index >= 15 is 0 Å². The molecule has 1 N–H and O–H groups in total. The SMILES string of the molecule is C[C@@H](OC(=O)[C@H](C)N1C(=O)[C@H]2CC=CC[C@H]2C1=O)C(=O)Nc1ccccc1F.